The molecule has 2 amide bonds. The predicted octanol–water partition coefficient (Wildman–Crippen LogP) is 1.39. The number of nitrogens with one attached hydrogen (secondary N) is 1. The number of rotatable bonds is 5. The van der Waals surface area contributed by atoms with Gasteiger partial charge in [0, 0.05) is 57.8 Å². The van der Waals surface area contributed by atoms with Crippen LogP contribution >= 0.6 is 0 Å². The third-order valence-electron chi connectivity index (χ3n) is 5.16. The number of carbonyl (C=O) groups is 2. The number of aromatic nitrogens is 3. The Morgan fingerprint density at radius 1 is 1.35 bits per heavy atom. The fraction of sp³-hybridized carbons (Fsp3) is 0.474. The molecule has 3 rings (SSSR count). The number of amides is 2. The van der Waals surface area contributed by atoms with Crippen LogP contribution in [0.25, 0.3) is 0 Å². The van der Waals surface area contributed by atoms with E-state index in [2.05, 4.69) is 15.3 Å². The van der Waals surface area contributed by atoms with E-state index in [1.165, 1.54) is 0 Å². The molecule has 1 saturated heterocycles. The molecule has 1 aliphatic rings. The van der Waals surface area contributed by atoms with E-state index >= 15 is 0 Å². The van der Waals surface area contributed by atoms with Crippen molar-refractivity contribution in [1.29, 1.82) is 0 Å². The summed E-state index contributed by atoms with van der Waals surface area (Å²) in [6.07, 6.45) is 8.67. The molecule has 26 heavy (non-hydrogen) atoms. The van der Waals surface area contributed by atoms with Crippen molar-refractivity contribution in [3.63, 3.8) is 0 Å². The van der Waals surface area contributed by atoms with Crippen LogP contribution in [0.4, 0.5) is 0 Å². The molecule has 0 aromatic carbocycles. The molecule has 0 saturated carbocycles. The Morgan fingerprint density at radius 2 is 2.15 bits per heavy atom. The van der Waals surface area contributed by atoms with Crippen LogP contribution < -0.4 is 5.32 Å². The normalized spacial score (nSPS) is 20.3. The summed E-state index contributed by atoms with van der Waals surface area (Å²) in [6.45, 7) is 2.48. The Bertz CT molecular complexity index is 801. The molecule has 0 radical (unpaired) electrons. The zero-order valence-electron chi connectivity index (χ0n) is 15.5. The standard InChI is InChI=1S/C19H25N5O2/c1-13-11-20-7-6-14(13)10-16(25)22-12-15-4-5-17(26)24(3)18(15)19-21-8-9-23(19)2/h6-9,11,15,18H,4-5,10,12H2,1-3H3,(H,22,25)/t15-,18+/m1/s1. The van der Waals surface area contributed by atoms with Crippen LogP contribution in [0, 0.1) is 12.8 Å². The lowest BCUT2D eigenvalue weighted by Crippen LogP contribution is -2.45. The van der Waals surface area contributed by atoms with Crippen LogP contribution in [0.3, 0.4) is 0 Å². The topological polar surface area (TPSA) is 80.1 Å². The molecule has 1 fully saturated rings. The second kappa shape index (κ2) is 7.68. The summed E-state index contributed by atoms with van der Waals surface area (Å²) in [5.41, 5.74) is 1.99. The van der Waals surface area contributed by atoms with Crippen molar-refractivity contribution in [2.75, 3.05) is 13.6 Å². The summed E-state index contributed by atoms with van der Waals surface area (Å²) in [7, 11) is 3.74. The van der Waals surface area contributed by atoms with Crippen molar-refractivity contribution in [2.24, 2.45) is 13.0 Å². The number of nitrogens with zero attached hydrogens (tertiary/aromatic N) is 4. The van der Waals surface area contributed by atoms with Crippen molar-refractivity contribution in [2.45, 2.75) is 32.2 Å². The molecule has 7 heteroatoms. The summed E-state index contributed by atoms with van der Waals surface area (Å²) in [5.74, 6) is 1.09. The molecule has 1 aliphatic heterocycles. The molecule has 1 N–H and O–H groups in total. The predicted molar refractivity (Wildman–Crippen MR) is 97.1 cm³/mol. The van der Waals surface area contributed by atoms with Crippen molar-refractivity contribution in [1.82, 2.24) is 24.8 Å². The molecular weight excluding hydrogens is 330 g/mol. The first-order valence-corrected chi connectivity index (χ1v) is 8.86. The molecule has 0 spiro atoms. The lowest BCUT2D eigenvalue weighted by molar-refractivity contribution is -0.137. The van der Waals surface area contributed by atoms with Gasteiger partial charge in [0.1, 0.15) is 5.82 Å². The maximum atomic E-state index is 12.4. The number of hydrogen-bond acceptors (Lipinski definition) is 4. The fourth-order valence-electron chi connectivity index (χ4n) is 3.56. The van der Waals surface area contributed by atoms with Crippen molar-refractivity contribution in [3.8, 4) is 0 Å². The zero-order chi connectivity index (χ0) is 18.7. The monoisotopic (exact) mass is 355 g/mol. The van der Waals surface area contributed by atoms with Gasteiger partial charge in [0.15, 0.2) is 0 Å². The van der Waals surface area contributed by atoms with Crippen LogP contribution in [0.5, 0.6) is 0 Å². The Hall–Kier alpha value is -2.70. The summed E-state index contributed by atoms with van der Waals surface area (Å²) in [6, 6.07) is 1.75. The van der Waals surface area contributed by atoms with Gasteiger partial charge >= 0.3 is 0 Å². The van der Waals surface area contributed by atoms with E-state index in [1.54, 1.807) is 23.5 Å². The Morgan fingerprint density at radius 3 is 2.85 bits per heavy atom. The highest BCUT2D eigenvalue weighted by Crippen LogP contribution is 2.34. The van der Waals surface area contributed by atoms with Crippen LogP contribution in [0.15, 0.2) is 30.9 Å². The molecule has 0 unspecified atom stereocenters. The van der Waals surface area contributed by atoms with E-state index in [0.717, 1.165) is 23.4 Å². The zero-order valence-corrected chi connectivity index (χ0v) is 15.5. The lowest BCUT2D eigenvalue weighted by Gasteiger charge is -2.38. The second-order valence-corrected chi connectivity index (χ2v) is 6.93. The number of pyridine rings is 1. The third-order valence-corrected chi connectivity index (χ3v) is 5.16. The molecular formula is C19H25N5O2. The second-order valence-electron chi connectivity index (χ2n) is 6.93. The fourth-order valence-corrected chi connectivity index (χ4v) is 3.56. The highest BCUT2D eigenvalue weighted by atomic mass is 16.2. The minimum absolute atomic E-state index is 0.0163. The van der Waals surface area contributed by atoms with Crippen LogP contribution in [-0.4, -0.2) is 44.8 Å². The van der Waals surface area contributed by atoms with Gasteiger partial charge in [-0.05, 0) is 30.5 Å². The van der Waals surface area contributed by atoms with Gasteiger partial charge in [-0.3, -0.25) is 14.6 Å². The molecule has 0 aliphatic carbocycles. The Kier molecular flexibility index (Phi) is 5.35. The van der Waals surface area contributed by atoms with Gasteiger partial charge in [0.25, 0.3) is 0 Å². The number of piperidine rings is 1. The number of imidazole rings is 1. The Balaban J connectivity index is 1.67. The molecule has 2 atom stereocenters. The van der Waals surface area contributed by atoms with Crippen molar-refractivity contribution >= 4 is 11.8 Å². The first-order chi connectivity index (χ1) is 12.5. The average Bonchev–Trinajstić information content (AvgIpc) is 3.03. The quantitative estimate of drug-likeness (QED) is 0.879. The van der Waals surface area contributed by atoms with E-state index in [9.17, 15) is 9.59 Å². The summed E-state index contributed by atoms with van der Waals surface area (Å²) in [4.78, 5) is 34.8. The molecule has 138 valence electrons. The average molecular weight is 355 g/mol. The molecule has 2 aromatic heterocycles. The number of aryl methyl sites for hydroxylation is 2. The largest absolute Gasteiger partial charge is 0.355 e. The van der Waals surface area contributed by atoms with E-state index in [4.69, 9.17) is 0 Å². The SMILES string of the molecule is Cc1cnccc1CC(=O)NC[C@H]1CCC(=O)N(C)[C@@H]1c1nccn1C. The van der Waals surface area contributed by atoms with Gasteiger partial charge in [-0.15, -0.1) is 0 Å². The first-order valence-electron chi connectivity index (χ1n) is 8.86. The number of carbonyl (C=O) groups excluding carboxylic acids is 2. The van der Waals surface area contributed by atoms with Crippen molar-refractivity contribution < 1.29 is 9.59 Å². The molecule has 7 nitrogen and oxygen atoms in total. The van der Waals surface area contributed by atoms with Gasteiger partial charge < -0.3 is 14.8 Å². The van der Waals surface area contributed by atoms with Gasteiger partial charge in [-0.2, -0.15) is 0 Å². The first kappa shape index (κ1) is 18.1. The van der Waals surface area contributed by atoms with Crippen LogP contribution in [-0.2, 0) is 23.1 Å². The van der Waals surface area contributed by atoms with E-state index in [1.807, 2.05) is 37.8 Å². The molecule has 3 heterocycles. The molecule has 2 aromatic rings. The summed E-state index contributed by atoms with van der Waals surface area (Å²) in [5, 5.41) is 3.04. The summed E-state index contributed by atoms with van der Waals surface area (Å²) < 4.78 is 1.94. The van der Waals surface area contributed by atoms with Gasteiger partial charge in [-0.25, -0.2) is 4.98 Å². The smallest absolute Gasteiger partial charge is 0.224 e. The maximum absolute atomic E-state index is 12.4. The Labute approximate surface area is 153 Å². The summed E-state index contributed by atoms with van der Waals surface area (Å²) >= 11 is 0. The lowest BCUT2D eigenvalue weighted by atomic mass is 9.88. The minimum atomic E-state index is -0.126. The van der Waals surface area contributed by atoms with E-state index in [0.29, 0.717) is 19.4 Å². The van der Waals surface area contributed by atoms with E-state index < -0.39 is 0 Å². The number of likely N-dealkylation sites (tertiary alicyclic amines) is 1. The highest BCUT2D eigenvalue weighted by Gasteiger charge is 2.36. The van der Waals surface area contributed by atoms with E-state index in [-0.39, 0.29) is 23.8 Å². The highest BCUT2D eigenvalue weighted by molar-refractivity contribution is 5.79. The van der Waals surface area contributed by atoms with Crippen LogP contribution in [0.1, 0.15) is 35.8 Å². The maximum Gasteiger partial charge on any atom is 0.224 e. The molecule has 0 bridgehead atoms. The van der Waals surface area contributed by atoms with Gasteiger partial charge in [0.2, 0.25) is 11.8 Å². The number of hydrogen-bond donors (Lipinski definition) is 1. The minimum Gasteiger partial charge on any atom is -0.355 e. The van der Waals surface area contributed by atoms with Crippen molar-refractivity contribution in [3.05, 3.63) is 47.8 Å². The van der Waals surface area contributed by atoms with Crippen LogP contribution in [0.2, 0.25) is 0 Å². The third kappa shape index (κ3) is 3.76. The van der Waals surface area contributed by atoms with Gasteiger partial charge in [0.05, 0.1) is 12.5 Å². The van der Waals surface area contributed by atoms with Gasteiger partial charge in [-0.1, -0.05) is 0 Å².